The van der Waals surface area contributed by atoms with Crippen LogP contribution in [-0.2, 0) is 11.3 Å². The Labute approximate surface area is 171 Å². The van der Waals surface area contributed by atoms with Gasteiger partial charge in [-0.3, -0.25) is 0 Å². The smallest absolute Gasteiger partial charge is 0.139 e. The van der Waals surface area contributed by atoms with Crippen LogP contribution >= 0.6 is 0 Å². The number of pyridine rings is 1. The first-order chi connectivity index (χ1) is 14.0. The normalized spacial score (nSPS) is 16.6. The molecule has 4 heterocycles. The van der Waals surface area contributed by atoms with Gasteiger partial charge in [-0.1, -0.05) is 20.8 Å². The van der Waals surface area contributed by atoms with Gasteiger partial charge in [0, 0.05) is 43.7 Å². The fourth-order valence-corrected chi connectivity index (χ4v) is 4.19. The molecule has 0 aromatic carbocycles. The van der Waals surface area contributed by atoms with Crippen molar-refractivity contribution in [2.45, 2.75) is 52.7 Å². The highest BCUT2D eigenvalue weighted by Crippen LogP contribution is 2.32. The molecule has 1 aliphatic rings. The standard InChI is InChI=1S/C22H30N6O/c1-22(2,3)15-29-14-19-26-18-13-25-21-17(5-9-24-21)20(18)28(19)16-6-11-27(12-7-16)10-4-8-23/h5,9,13,16H,4,6-7,10-12,14-15H2,1-3H3,(H,24,25). The Morgan fingerprint density at radius 3 is 2.83 bits per heavy atom. The van der Waals surface area contributed by atoms with Gasteiger partial charge in [-0.15, -0.1) is 0 Å². The van der Waals surface area contributed by atoms with Crippen molar-refractivity contribution in [3.8, 4) is 6.07 Å². The molecule has 0 atom stereocenters. The first-order valence-corrected chi connectivity index (χ1v) is 10.5. The molecule has 3 aromatic heterocycles. The number of aromatic nitrogens is 4. The van der Waals surface area contributed by atoms with Crippen LogP contribution in [0.15, 0.2) is 18.5 Å². The molecule has 154 valence electrons. The summed E-state index contributed by atoms with van der Waals surface area (Å²) in [6.07, 6.45) is 6.50. The Bertz CT molecular complexity index is 1010. The molecule has 0 amide bonds. The monoisotopic (exact) mass is 394 g/mol. The number of fused-ring (bicyclic) bond motifs is 3. The van der Waals surface area contributed by atoms with Gasteiger partial charge in [0.05, 0.1) is 24.4 Å². The fraction of sp³-hybridized carbons (Fsp3) is 0.591. The molecule has 1 aliphatic heterocycles. The second-order valence-corrected chi connectivity index (χ2v) is 9.16. The number of likely N-dealkylation sites (tertiary alicyclic amines) is 1. The summed E-state index contributed by atoms with van der Waals surface area (Å²) in [7, 11) is 0. The number of ether oxygens (including phenoxy) is 1. The van der Waals surface area contributed by atoms with Crippen LogP contribution in [0.3, 0.4) is 0 Å². The van der Waals surface area contributed by atoms with E-state index in [2.05, 4.69) is 52.3 Å². The van der Waals surface area contributed by atoms with Gasteiger partial charge in [0.2, 0.25) is 0 Å². The predicted molar refractivity (Wildman–Crippen MR) is 113 cm³/mol. The van der Waals surface area contributed by atoms with Gasteiger partial charge in [0.25, 0.3) is 0 Å². The van der Waals surface area contributed by atoms with E-state index >= 15 is 0 Å². The lowest BCUT2D eigenvalue weighted by Gasteiger charge is -2.33. The molecule has 0 unspecified atom stereocenters. The zero-order chi connectivity index (χ0) is 20.4. The minimum absolute atomic E-state index is 0.123. The Hall–Kier alpha value is -2.43. The number of nitriles is 1. The summed E-state index contributed by atoms with van der Waals surface area (Å²) >= 11 is 0. The van der Waals surface area contributed by atoms with Gasteiger partial charge in [0.15, 0.2) is 0 Å². The molecule has 0 saturated carbocycles. The third kappa shape index (κ3) is 4.29. The topological polar surface area (TPSA) is 82.8 Å². The maximum atomic E-state index is 8.86. The molecule has 3 aromatic rings. The molecule has 7 nitrogen and oxygen atoms in total. The summed E-state index contributed by atoms with van der Waals surface area (Å²) in [5.74, 6) is 0.982. The number of rotatable bonds is 6. The number of hydrogen-bond acceptors (Lipinski definition) is 5. The van der Waals surface area contributed by atoms with Gasteiger partial charge >= 0.3 is 0 Å². The quantitative estimate of drug-likeness (QED) is 0.683. The number of hydrogen-bond donors (Lipinski definition) is 1. The van der Waals surface area contributed by atoms with Crippen molar-refractivity contribution in [1.29, 1.82) is 5.26 Å². The summed E-state index contributed by atoms with van der Waals surface area (Å²) in [6, 6.07) is 4.73. The van der Waals surface area contributed by atoms with E-state index in [1.165, 1.54) is 0 Å². The van der Waals surface area contributed by atoms with Gasteiger partial charge in [0.1, 0.15) is 23.6 Å². The highest BCUT2D eigenvalue weighted by molar-refractivity contribution is 6.01. The summed E-state index contributed by atoms with van der Waals surface area (Å²) < 4.78 is 8.46. The van der Waals surface area contributed by atoms with Crippen molar-refractivity contribution in [3.05, 3.63) is 24.3 Å². The van der Waals surface area contributed by atoms with Crippen molar-refractivity contribution < 1.29 is 4.74 Å². The first-order valence-electron chi connectivity index (χ1n) is 10.5. The Balaban J connectivity index is 1.65. The fourth-order valence-electron chi connectivity index (χ4n) is 4.19. The van der Waals surface area contributed by atoms with Crippen LogP contribution in [-0.4, -0.2) is 50.7 Å². The first kappa shape index (κ1) is 19.9. The molecule has 0 aliphatic carbocycles. The minimum atomic E-state index is 0.123. The molecule has 0 spiro atoms. The molecule has 1 fully saturated rings. The van der Waals surface area contributed by atoms with Gasteiger partial charge in [-0.05, 0) is 24.3 Å². The SMILES string of the molecule is CC(C)(C)COCc1nc2cnc3[nH]ccc3c2n1C1CCN(CCC#N)CC1. The van der Waals surface area contributed by atoms with E-state index < -0.39 is 0 Å². The molecular formula is C22H30N6O. The van der Waals surface area contributed by atoms with Crippen LogP contribution in [0.2, 0.25) is 0 Å². The Kier molecular flexibility index (Phi) is 5.57. The maximum absolute atomic E-state index is 8.86. The van der Waals surface area contributed by atoms with Crippen molar-refractivity contribution in [2.24, 2.45) is 5.41 Å². The van der Waals surface area contributed by atoms with E-state index in [4.69, 9.17) is 15.0 Å². The molecule has 1 N–H and O–H groups in total. The molecule has 7 heteroatoms. The summed E-state index contributed by atoms with van der Waals surface area (Å²) in [5, 5.41) is 9.98. The number of piperidine rings is 1. The van der Waals surface area contributed by atoms with Crippen molar-refractivity contribution in [2.75, 3.05) is 26.2 Å². The van der Waals surface area contributed by atoms with E-state index in [0.717, 1.165) is 60.4 Å². The third-order valence-corrected chi connectivity index (χ3v) is 5.54. The van der Waals surface area contributed by atoms with Crippen molar-refractivity contribution >= 4 is 22.1 Å². The van der Waals surface area contributed by atoms with Crippen LogP contribution in [0.5, 0.6) is 0 Å². The molecule has 29 heavy (non-hydrogen) atoms. The number of nitrogens with one attached hydrogen (secondary N) is 1. The largest absolute Gasteiger partial charge is 0.373 e. The van der Waals surface area contributed by atoms with E-state index in [1.807, 2.05) is 12.4 Å². The molecule has 1 saturated heterocycles. The lowest BCUT2D eigenvalue weighted by molar-refractivity contribution is 0.0531. The van der Waals surface area contributed by atoms with E-state index in [0.29, 0.717) is 25.7 Å². The molecule has 4 rings (SSSR count). The van der Waals surface area contributed by atoms with Gasteiger partial charge in [-0.2, -0.15) is 5.26 Å². The lowest BCUT2D eigenvalue weighted by Crippen LogP contribution is -2.35. The van der Waals surface area contributed by atoms with Crippen LogP contribution in [0.1, 0.15) is 51.9 Å². The molecule has 0 radical (unpaired) electrons. The Morgan fingerprint density at radius 2 is 2.10 bits per heavy atom. The minimum Gasteiger partial charge on any atom is -0.373 e. The van der Waals surface area contributed by atoms with Crippen molar-refractivity contribution in [1.82, 2.24) is 24.4 Å². The molecular weight excluding hydrogens is 364 g/mol. The van der Waals surface area contributed by atoms with E-state index in [-0.39, 0.29) is 5.41 Å². The number of nitrogens with zero attached hydrogens (tertiary/aromatic N) is 5. The number of H-pyrrole nitrogens is 1. The van der Waals surface area contributed by atoms with Crippen LogP contribution in [0.25, 0.3) is 22.1 Å². The average Bonchev–Trinajstić information content (AvgIpc) is 3.29. The second-order valence-electron chi connectivity index (χ2n) is 9.16. The number of aromatic amines is 1. The van der Waals surface area contributed by atoms with E-state index in [9.17, 15) is 0 Å². The maximum Gasteiger partial charge on any atom is 0.139 e. The lowest BCUT2D eigenvalue weighted by atomic mass is 9.99. The highest BCUT2D eigenvalue weighted by atomic mass is 16.5. The summed E-state index contributed by atoms with van der Waals surface area (Å²) in [4.78, 5) is 15.0. The zero-order valence-electron chi connectivity index (χ0n) is 17.6. The summed E-state index contributed by atoms with van der Waals surface area (Å²) in [6.45, 7) is 10.6. The molecule has 0 bridgehead atoms. The number of imidazole rings is 1. The highest BCUT2D eigenvalue weighted by Gasteiger charge is 2.26. The van der Waals surface area contributed by atoms with E-state index in [1.54, 1.807) is 0 Å². The zero-order valence-corrected chi connectivity index (χ0v) is 17.6. The third-order valence-electron chi connectivity index (χ3n) is 5.54. The average molecular weight is 395 g/mol. The predicted octanol–water partition coefficient (Wildman–Crippen LogP) is 4.03. The Morgan fingerprint density at radius 1 is 1.31 bits per heavy atom. The van der Waals surface area contributed by atoms with Crippen LogP contribution in [0, 0.1) is 16.7 Å². The van der Waals surface area contributed by atoms with Crippen LogP contribution < -0.4 is 0 Å². The van der Waals surface area contributed by atoms with Gasteiger partial charge < -0.3 is 19.2 Å². The summed E-state index contributed by atoms with van der Waals surface area (Å²) in [5.41, 5.74) is 3.10. The van der Waals surface area contributed by atoms with Crippen LogP contribution in [0.4, 0.5) is 0 Å². The van der Waals surface area contributed by atoms with Crippen molar-refractivity contribution in [3.63, 3.8) is 0 Å². The second kappa shape index (κ2) is 8.13. The van der Waals surface area contributed by atoms with Gasteiger partial charge in [-0.25, -0.2) is 9.97 Å².